The van der Waals surface area contributed by atoms with Gasteiger partial charge >= 0.3 is 0 Å². The molecule has 1 amide bonds. The smallest absolute Gasteiger partial charge is 0.248 e. The summed E-state index contributed by atoms with van der Waals surface area (Å²) in [7, 11) is 1.52. The number of hydrogen-bond acceptors (Lipinski definition) is 5. The van der Waals surface area contributed by atoms with Crippen molar-refractivity contribution in [2.24, 2.45) is 0 Å². The van der Waals surface area contributed by atoms with Gasteiger partial charge in [-0.15, -0.1) is 0 Å². The molecular formula is C25H20ClNO5. The first-order valence-electron chi connectivity index (χ1n) is 9.79. The predicted octanol–water partition coefficient (Wildman–Crippen LogP) is 6.01. The summed E-state index contributed by atoms with van der Waals surface area (Å²) in [6.07, 6.45) is 2.95. The molecule has 7 heteroatoms. The lowest BCUT2D eigenvalue weighted by molar-refractivity contribution is -0.111. The number of methoxy groups -OCH3 is 1. The molecule has 32 heavy (non-hydrogen) atoms. The molecule has 0 saturated heterocycles. The van der Waals surface area contributed by atoms with Gasteiger partial charge in [-0.3, -0.25) is 4.79 Å². The Morgan fingerprint density at radius 1 is 1.06 bits per heavy atom. The summed E-state index contributed by atoms with van der Waals surface area (Å²) in [5.74, 6) is 2.31. The molecule has 4 rings (SSSR count). The van der Waals surface area contributed by atoms with Gasteiger partial charge in [-0.2, -0.15) is 0 Å². The van der Waals surface area contributed by atoms with Crippen molar-refractivity contribution < 1.29 is 23.5 Å². The second kappa shape index (κ2) is 9.60. The molecule has 0 bridgehead atoms. The summed E-state index contributed by atoms with van der Waals surface area (Å²) in [6.45, 7) is -0.185. The number of aliphatic hydroxyl groups is 1. The quantitative estimate of drug-likeness (QED) is 0.337. The first kappa shape index (κ1) is 21.5. The summed E-state index contributed by atoms with van der Waals surface area (Å²) in [6, 6.07) is 19.7. The van der Waals surface area contributed by atoms with Gasteiger partial charge in [0.05, 0.1) is 17.8 Å². The average Bonchev–Trinajstić information content (AvgIpc) is 3.48. The molecule has 162 valence electrons. The minimum atomic E-state index is -0.355. The number of anilines is 1. The standard InChI is InChI=1S/C25H20ClNO5/c1-30-24-10-6-16(22-11-8-18(15-28)32-22)14-21(24)27-25(29)13-9-17-7-12-23(31-17)19-4-2-3-5-20(19)26/h2-14,28H,15H2,1H3,(H,27,29)/b13-9+. The molecular weight excluding hydrogens is 430 g/mol. The molecule has 0 atom stereocenters. The van der Waals surface area contributed by atoms with Crippen molar-refractivity contribution in [2.75, 3.05) is 12.4 Å². The van der Waals surface area contributed by atoms with Crippen LogP contribution >= 0.6 is 11.6 Å². The second-order valence-electron chi connectivity index (χ2n) is 6.84. The van der Waals surface area contributed by atoms with Gasteiger partial charge in [0.2, 0.25) is 5.91 Å². The van der Waals surface area contributed by atoms with E-state index in [1.54, 1.807) is 48.5 Å². The molecule has 0 aliphatic carbocycles. The number of amides is 1. The molecule has 2 N–H and O–H groups in total. The van der Waals surface area contributed by atoms with Gasteiger partial charge in [0.15, 0.2) is 0 Å². The zero-order valence-electron chi connectivity index (χ0n) is 17.2. The lowest BCUT2D eigenvalue weighted by atomic mass is 10.1. The Hall–Kier alpha value is -3.74. The summed E-state index contributed by atoms with van der Waals surface area (Å²) >= 11 is 6.21. The molecule has 0 saturated carbocycles. The summed E-state index contributed by atoms with van der Waals surface area (Å²) in [5.41, 5.74) is 2.00. The van der Waals surface area contributed by atoms with Gasteiger partial charge < -0.3 is 24.0 Å². The maximum absolute atomic E-state index is 12.5. The maximum Gasteiger partial charge on any atom is 0.248 e. The maximum atomic E-state index is 12.5. The Bertz CT molecular complexity index is 1270. The third-order valence-corrected chi connectivity index (χ3v) is 5.05. The molecule has 2 aromatic heterocycles. The molecule has 0 spiro atoms. The molecule has 0 unspecified atom stereocenters. The third kappa shape index (κ3) is 4.77. The number of nitrogens with one attached hydrogen (secondary N) is 1. The summed E-state index contributed by atoms with van der Waals surface area (Å²) < 4.78 is 16.7. The van der Waals surface area contributed by atoms with Crippen molar-refractivity contribution in [3.05, 3.63) is 89.3 Å². The number of rotatable bonds is 7. The summed E-state index contributed by atoms with van der Waals surface area (Å²) in [5, 5.41) is 12.6. The average molecular weight is 450 g/mol. The van der Waals surface area contributed by atoms with Crippen LogP contribution in [0, 0.1) is 0 Å². The summed E-state index contributed by atoms with van der Waals surface area (Å²) in [4.78, 5) is 12.5. The monoisotopic (exact) mass is 449 g/mol. The van der Waals surface area contributed by atoms with Crippen molar-refractivity contribution in [3.8, 4) is 28.4 Å². The number of hydrogen-bond donors (Lipinski definition) is 2. The number of carbonyl (C=O) groups excluding carboxylic acids is 1. The van der Waals surface area contributed by atoms with E-state index in [0.717, 1.165) is 11.1 Å². The van der Waals surface area contributed by atoms with Crippen molar-refractivity contribution in [3.63, 3.8) is 0 Å². The molecule has 2 heterocycles. The van der Waals surface area contributed by atoms with Crippen LogP contribution in [0.25, 0.3) is 28.7 Å². The highest BCUT2D eigenvalue weighted by Gasteiger charge is 2.11. The highest BCUT2D eigenvalue weighted by atomic mass is 35.5. The van der Waals surface area contributed by atoms with E-state index < -0.39 is 0 Å². The second-order valence-corrected chi connectivity index (χ2v) is 7.25. The van der Waals surface area contributed by atoms with Crippen molar-refractivity contribution >= 4 is 29.3 Å². The SMILES string of the molecule is COc1ccc(-c2ccc(CO)o2)cc1NC(=O)/C=C/c1ccc(-c2ccccc2Cl)o1. The lowest BCUT2D eigenvalue weighted by Crippen LogP contribution is -2.09. The van der Waals surface area contributed by atoms with Crippen LogP contribution in [-0.4, -0.2) is 18.1 Å². The minimum absolute atomic E-state index is 0.185. The Balaban J connectivity index is 1.49. The fourth-order valence-corrected chi connectivity index (χ4v) is 3.39. The first-order valence-corrected chi connectivity index (χ1v) is 10.2. The Labute approximate surface area is 189 Å². The predicted molar refractivity (Wildman–Crippen MR) is 123 cm³/mol. The zero-order valence-corrected chi connectivity index (χ0v) is 17.9. The largest absolute Gasteiger partial charge is 0.495 e. The van der Waals surface area contributed by atoms with Gasteiger partial charge in [-0.25, -0.2) is 0 Å². The number of furan rings is 2. The van der Waals surface area contributed by atoms with Crippen LogP contribution in [0.15, 0.2) is 81.6 Å². The van der Waals surface area contributed by atoms with Crippen LogP contribution in [-0.2, 0) is 11.4 Å². The Kier molecular flexibility index (Phi) is 6.44. The number of carbonyl (C=O) groups is 1. The molecule has 6 nitrogen and oxygen atoms in total. The van der Waals surface area contributed by atoms with Gasteiger partial charge in [-0.05, 0) is 60.7 Å². The number of benzene rings is 2. The van der Waals surface area contributed by atoms with Crippen LogP contribution < -0.4 is 10.1 Å². The number of ether oxygens (including phenoxy) is 1. The van der Waals surface area contributed by atoms with Crippen LogP contribution in [0.4, 0.5) is 5.69 Å². The van der Waals surface area contributed by atoms with Crippen LogP contribution in [0.1, 0.15) is 11.5 Å². The lowest BCUT2D eigenvalue weighted by Gasteiger charge is -2.10. The van der Waals surface area contributed by atoms with Gasteiger partial charge in [0.25, 0.3) is 0 Å². The van der Waals surface area contributed by atoms with E-state index in [1.165, 1.54) is 13.2 Å². The first-order chi connectivity index (χ1) is 15.6. The van der Waals surface area contributed by atoms with Crippen molar-refractivity contribution in [2.45, 2.75) is 6.61 Å². The molecule has 0 radical (unpaired) electrons. The van der Waals surface area contributed by atoms with Crippen LogP contribution in [0.3, 0.4) is 0 Å². The molecule has 2 aromatic carbocycles. The van der Waals surface area contributed by atoms with E-state index in [4.69, 9.17) is 25.2 Å². The Morgan fingerprint density at radius 2 is 1.88 bits per heavy atom. The van der Waals surface area contributed by atoms with E-state index in [2.05, 4.69) is 5.32 Å². The fourth-order valence-electron chi connectivity index (χ4n) is 3.16. The fraction of sp³-hybridized carbons (Fsp3) is 0.0800. The van der Waals surface area contributed by atoms with E-state index in [9.17, 15) is 9.90 Å². The molecule has 0 fully saturated rings. The number of halogens is 1. The number of aliphatic hydroxyl groups excluding tert-OH is 1. The molecule has 4 aromatic rings. The normalized spacial score (nSPS) is 11.1. The minimum Gasteiger partial charge on any atom is -0.495 e. The topological polar surface area (TPSA) is 84.8 Å². The third-order valence-electron chi connectivity index (χ3n) is 4.72. The van der Waals surface area contributed by atoms with Crippen molar-refractivity contribution in [1.29, 1.82) is 0 Å². The van der Waals surface area contributed by atoms with Crippen LogP contribution in [0.5, 0.6) is 5.75 Å². The van der Waals surface area contributed by atoms with Gasteiger partial charge in [-0.1, -0.05) is 23.7 Å². The van der Waals surface area contributed by atoms with Gasteiger partial charge in [0.1, 0.15) is 35.4 Å². The van der Waals surface area contributed by atoms with E-state index in [0.29, 0.717) is 39.5 Å². The highest BCUT2D eigenvalue weighted by molar-refractivity contribution is 6.33. The zero-order chi connectivity index (χ0) is 22.5. The molecule has 0 aliphatic heterocycles. The van der Waals surface area contributed by atoms with E-state index in [1.807, 2.05) is 24.3 Å². The van der Waals surface area contributed by atoms with Crippen molar-refractivity contribution in [1.82, 2.24) is 0 Å². The Morgan fingerprint density at radius 3 is 2.62 bits per heavy atom. The van der Waals surface area contributed by atoms with Gasteiger partial charge in [0, 0.05) is 17.2 Å². The van der Waals surface area contributed by atoms with Crippen LogP contribution in [0.2, 0.25) is 5.02 Å². The highest BCUT2D eigenvalue weighted by Crippen LogP contribution is 2.32. The molecule has 0 aliphatic rings. The van der Waals surface area contributed by atoms with E-state index in [-0.39, 0.29) is 12.5 Å². The van der Waals surface area contributed by atoms with E-state index >= 15 is 0 Å².